The van der Waals surface area contributed by atoms with E-state index in [9.17, 15) is 9.59 Å². The van der Waals surface area contributed by atoms with E-state index in [0.717, 1.165) is 0 Å². The number of aromatic nitrogens is 2. The number of rotatable bonds is 4. The first kappa shape index (κ1) is 14.1. The molecule has 2 heterocycles. The number of carbonyl (C=O) groups excluding carboxylic acids is 1. The van der Waals surface area contributed by atoms with E-state index in [2.05, 4.69) is 10.3 Å². The van der Waals surface area contributed by atoms with Gasteiger partial charge in [-0.1, -0.05) is 12.1 Å². The molecular formula is C16H15N3O3. The monoisotopic (exact) mass is 297 g/mol. The second kappa shape index (κ2) is 5.85. The molecule has 2 aromatic heterocycles. The summed E-state index contributed by atoms with van der Waals surface area (Å²) >= 11 is 0. The highest BCUT2D eigenvalue weighted by Crippen LogP contribution is 2.12. The molecule has 0 fully saturated rings. The Hall–Kier alpha value is -2.89. The lowest BCUT2D eigenvalue weighted by Gasteiger charge is -2.12. The molecule has 0 saturated heterocycles. The van der Waals surface area contributed by atoms with Crippen LogP contribution in [0.5, 0.6) is 0 Å². The molecule has 0 unspecified atom stereocenters. The molecule has 0 bridgehead atoms. The predicted molar refractivity (Wildman–Crippen MR) is 81.3 cm³/mol. The summed E-state index contributed by atoms with van der Waals surface area (Å²) in [6.45, 7) is 1.74. The van der Waals surface area contributed by atoms with Gasteiger partial charge in [-0.25, -0.2) is 4.98 Å². The molecule has 1 aromatic carbocycles. The van der Waals surface area contributed by atoms with Crippen molar-refractivity contribution in [1.82, 2.24) is 14.9 Å². The zero-order chi connectivity index (χ0) is 15.5. The second-order valence-electron chi connectivity index (χ2n) is 5.00. The van der Waals surface area contributed by atoms with Gasteiger partial charge >= 0.3 is 0 Å². The van der Waals surface area contributed by atoms with E-state index in [1.807, 2.05) is 13.0 Å². The van der Waals surface area contributed by atoms with Gasteiger partial charge in [-0.05, 0) is 31.2 Å². The van der Waals surface area contributed by atoms with Gasteiger partial charge in [-0.2, -0.15) is 0 Å². The number of amides is 1. The number of benzene rings is 1. The SMILES string of the molecule is C[C@H](NC(=O)Cn1cnc2ccccc2c1=O)c1ccco1. The predicted octanol–water partition coefficient (Wildman–Crippen LogP) is 1.87. The van der Waals surface area contributed by atoms with Gasteiger partial charge in [-0.15, -0.1) is 0 Å². The van der Waals surface area contributed by atoms with Crippen molar-refractivity contribution in [2.45, 2.75) is 19.5 Å². The summed E-state index contributed by atoms with van der Waals surface area (Å²) in [7, 11) is 0. The van der Waals surface area contributed by atoms with Crippen molar-refractivity contribution in [3.63, 3.8) is 0 Å². The van der Waals surface area contributed by atoms with Crippen LogP contribution in [-0.4, -0.2) is 15.5 Å². The first-order valence-electron chi connectivity index (χ1n) is 6.92. The number of hydrogen-bond acceptors (Lipinski definition) is 4. The normalized spacial score (nSPS) is 12.2. The molecule has 6 nitrogen and oxygen atoms in total. The van der Waals surface area contributed by atoms with Crippen LogP contribution < -0.4 is 10.9 Å². The summed E-state index contributed by atoms with van der Waals surface area (Å²) in [5, 5.41) is 3.28. The second-order valence-corrected chi connectivity index (χ2v) is 5.00. The van der Waals surface area contributed by atoms with Crippen molar-refractivity contribution in [2.24, 2.45) is 0 Å². The van der Waals surface area contributed by atoms with E-state index in [0.29, 0.717) is 16.7 Å². The molecule has 0 radical (unpaired) electrons. The largest absolute Gasteiger partial charge is 0.467 e. The van der Waals surface area contributed by atoms with Crippen LogP contribution in [-0.2, 0) is 11.3 Å². The third-order valence-electron chi connectivity index (χ3n) is 3.39. The van der Waals surface area contributed by atoms with Crippen LogP contribution in [0.15, 0.2) is 58.2 Å². The Morgan fingerprint density at radius 1 is 1.32 bits per heavy atom. The van der Waals surface area contributed by atoms with E-state index in [-0.39, 0.29) is 24.1 Å². The summed E-state index contributed by atoms with van der Waals surface area (Å²) in [6, 6.07) is 10.3. The van der Waals surface area contributed by atoms with Gasteiger partial charge in [0.15, 0.2) is 0 Å². The van der Waals surface area contributed by atoms with Gasteiger partial charge in [-0.3, -0.25) is 14.2 Å². The average molecular weight is 297 g/mol. The lowest BCUT2D eigenvalue weighted by Crippen LogP contribution is -2.33. The van der Waals surface area contributed by atoms with Crippen LogP contribution >= 0.6 is 0 Å². The van der Waals surface area contributed by atoms with E-state index in [4.69, 9.17) is 4.42 Å². The Labute approximate surface area is 126 Å². The molecular weight excluding hydrogens is 282 g/mol. The lowest BCUT2D eigenvalue weighted by atomic mass is 10.2. The van der Waals surface area contributed by atoms with Gasteiger partial charge in [0.1, 0.15) is 12.3 Å². The Morgan fingerprint density at radius 3 is 2.91 bits per heavy atom. The molecule has 1 atom stereocenters. The third-order valence-corrected chi connectivity index (χ3v) is 3.39. The molecule has 0 spiro atoms. The summed E-state index contributed by atoms with van der Waals surface area (Å²) in [5.74, 6) is 0.389. The molecule has 3 rings (SSSR count). The van der Waals surface area contributed by atoms with Crippen molar-refractivity contribution in [3.05, 3.63) is 65.1 Å². The molecule has 0 aliphatic heterocycles. The summed E-state index contributed by atoms with van der Waals surface area (Å²) < 4.78 is 6.53. The summed E-state index contributed by atoms with van der Waals surface area (Å²) in [6.07, 6.45) is 2.94. The standard InChI is InChI=1S/C16H15N3O3/c1-11(14-7-4-8-22-14)18-15(20)9-19-10-17-13-6-3-2-5-12(13)16(19)21/h2-8,10-11H,9H2,1H3,(H,18,20)/t11-/m0/s1. The van der Waals surface area contributed by atoms with E-state index in [1.165, 1.54) is 10.9 Å². The van der Waals surface area contributed by atoms with Crippen LogP contribution in [0.2, 0.25) is 0 Å². The Kier molecular flexibility index (Phi) is 3.74. The van der Waals surface area contributed by atoms with E-state index in [1.54, 1.807) is 36.6 Å². The molecule has 1 amide bonds. The summed E-state index contributed by atoms with van der Waals surface area (Å²) in [4.78, 5) is 28.6. The number of hydrogen-bond donors (Lipinski definition) is 1. The topological polar surface area (TPSA) is 77.1 Å². The number of para-hydroxylation sites is 1. The number of fused-ring (bicyclic) bond motifs is 1. The minimum Gasteiger partial charge on any atom is -0.467 e. The molecule has 0 aliphatic carbocycles. The van der Waals surface area contributed by atoms with Crippen molar-refractivity contribution in [3.8, 4) is 0 Å². The number of nitrogens with one attached hydrogen (secondary N) is 1. The highest BCUT2D eigenvalue weighted by atomic mass is 16.3. The average Bonchev–Trinajstić information content (AvgIpc) is 3.05. The highest BCUT2D eigenvalue weighted by molar-refractivity contribution is 5.79. The van der Waals surface area contributed by atoms with Crippen molar-refractivity contribution in [1.29, 1.82) is 0 Å². The fraction of sp³-hybridized carbons (Fsp3) is 0.188. The third kappa shape index (κ3) is 2.76. The van der Waals surface area contributed by atoms with Gasteiger partial charge in [0.25, 0.3) is 5.56 Å². The maximum absolute atomic E-state index is 12.3. The lowest BCUT2D eigenvalue weighted by molar-refractivity contribution is -0.122. The molecule has 22 heavy (non-hydrogen) atoms. The van der Waals surface area contributed by atoms with Crippen LogP contribution in [0.1, 0.15) is 18.7 Å². The first-order chi connectivity index (χ1) is 10.6. The molecule has 6 heteroatoms. The quantitative estimate of drug-likeness (QED) is 0.797. The minimum atomic E-state index is -0.275. The fourth-order valence-electron chi connectivity index (χ4n) is 2.27. The van der Waals surface area contributed by atoms with Gasteiger partial charge < -0.3 is 9.73 Å². The Bertz CT molecular complexity index is 852. The smallest absolute Gasteiger partial charge is 0.261 e. The molecule has 3 aromatic rings. The van der Waals surface area contributed by atoms with Crippen LogP contribution in [0.25, 0.3) is 10.9 Å². The minimum absolute atomic E-state index is 0.0816. The highest BCUT2D eigenvalue weighted by Gasteiger charge is 2.13. The fourth-order valence-corrected chi connectivity index (χ4v) is 2.27. The van der Waals surface area contributed by atoms with Gasteiger partial charge in [0.05, 0.1) is 29.5 Å². The van der Waals surface area contributed by atoms with Crippen molar-refractivity contribution in [2.75, 3.05) is 0 Å². The van der Waals surface area contributed by atoms with Crippen LogP contribution in [0.3, 0.4) is 0 Å². The molecule has 112 valence electrons. The number of furan rings is 1. The van der Waals surface area contributed by atoms with Gasteiger partial charge in [0.2, 0.25) is 5.91 Å². The zero-order valence-electron chi connectivity index (χ0n) is 12.0. The number of nitrogens with zero attached hydrogens (tertiary/aromatic N) is 2. The van der Waals surface area contributed by atoms with E-state index >= 15 is 0 Å². The number of carbonyl (C=O) groups is 1. The Morgan fingerprint density at radius 2 is 2.14 bits per heavy atom. The molecule has 1 N–H and O–H groups in total. The van der Waals surface area contributed by atoms with Crippen molar-refractivity contribution < 1.29 is 9.21 Å². The Balaban J connectivity index is 1.77. The van der Waals surface area contributed by atoms with Crippen LogP contribution in [0, 0.1) is 0 Å². The van der Waals surface area contributed by atoms with Crippen LogP contribution in [0.4, 0.5) is 0 Å². The first-order valence-corrected chi connectivity index (χ1v) is 6.92. The van der Waals surface area contributed by atoms with E-state index < -0.39 is 0 Å². The maximum Gasteiger partial charge on any atom is 0.261 e. The zero-order valence-corrected chi connectivity index (χ0v) is 12.0. The molecule has 0 saturated carbocycles. The summed E-state index contributed by atoms with van der Waals surface area (Å²) in [5.41, 5.74) is 0.388. The molecule has 0 aliphatic rings. The van der Waals surface area contributed by atoms with Crippen molar-refractivity contribution >= 4 is 16.8 Å². The maximum atomic E-state index is 12.3. The van der Waals surface area contributed by atoms with Gasteiger partial charge in [0, 0.05) is 0 Å².